The van der Waals surface area contributed by atoms with Crippen molar-refractivity contribution in [3.63, 3.8) is 0 Å². The van der Waals surface area contributed by atoms with Gasteiger partial charge in [-0.3, -0.25) is 9.69 Å². The standard InChI is InChI=1S/C19H35NO/c1-3-4-5-6-7-8-9-12-16-15-19(21)17-13-10-11-14-18(17)20(16)2/h16-18H,3-15H2,1-2H3/t16-,17-,18+/m0/s1. The van der Waals surface area contributed by atoms with Crippen molar-refractivity contribution in [1.29, 1.82) is 0 Å². The van der Waals surface area contributed by atoms with E-state index in [9.17, 15) is 4.79 Å². The zero-order chi connectivity index (χ0) is 15.1. The number of carbonyl (C=O) groups is 1. The fourth-order valence-electron chi connectivity index (χ4n) is 4.42. The van der Waals surface area contributed by atoms with Crippen LogP contribution in [0.15, 0.2) is 0 Å². The normalized spacial score (nSPS) is 30.4. The molecule has 2 nitrogen and oxygen atoms in total. The van der Waals surface area contributed by atoms with Gasteiger partial charge in [0.25, 0.3) is 0 Å². The fraction of sp³-hybridized carbons (Fsp3) is 0.947. The van der Waals surface area contributed by atoms with Crippen LogP contribution in [0, 0.1) is 5.92 Å². The molecule has 1 aliphatic heterocycles. The van der Waals surface area contributed by atoms with Crippen LogP contribution in [0.1, 0.15) is 90.4 Å². The zero-order valence-electron chi connectivity index (χ0n) is 14.3. The summed E-state index contributed by atoms with van der Waals surface area (Å²) in [5, 5.41) is 0. The molecule has 1 aliphatic carbocycles. The van der Waals surface area contributed by atoms with Crippen molar-refractivity contribution in [2.24, 2.45) is 5.92 Å². The van der Waals surface area contributed by atoms with Gasteiger partial charge in [0.15, 0.2) is 0 Å². The molecule has 0 N–H and O–H groups in total. The number of ketones is 1. The van der Waals surface area contributed by atoms with Crippen molar-refractivity contribution < 1.29 is 4.79 Å². The fourth-order valence-corrected chi connectivity index (χ4v) is 4.42. The lowest BCUT2D eigenvalue weighted by Crippen LogP contribution is -2.53. The summed E-state index contributed by atoms with van der Waals surface area (Å²) in [6.07, 6.45) is 16.6. The number of unbranched alkanes of at least 4 members (excludes halogenated alkanes) is 6. The molecular weight excluding hydrogens is 258 g/mol. The average Bonchev–Trinajstić information content (AvgIpc) is 2.51. The third-order valence-corrected chi connectivity index (χ3v) is 5.82. The van der Waals surface area contributed by atoms with Gasteiger partial charge in [-0.05, 0) is 26.3 Å². The Morgan fingerprint density at radius 3 is 2.43 bits per heavy atom. The van der Waals surface area contributed by atoms with Crippen LogP contribution in [0.5, 0.6) is 0 Å². The van der Waals surface area contributed by atoms with E-state index in [1.807, 2.05) is 0 Å². The van der Waals surface area contributed by atoms with E-state index in [0.717, 1.165) is 12.8 Å². The van der Waals surface area contributed by atoms with Crippen molar-refractivity contribution in [3.05, 3.63) is 0 Å². The number of nitrogens with zero attached hydrogens (tertiary/aromatic N) is 1. The van der Waals surface area contributed by atoms with Gasteiger partial charge in [-0.1, -0.05) is 64.7 Å². The summed E-state index contributed by atoms with van der Waals surface area (Å²) in [7, 11) is 2.28. The Morgan fingerprint density at radius 2 is 1.67 bits per heavy atom. The summed E-state index contributed by atoms with van der Waals surface area (Å²) in [5.41, 5.74) is 0. The molecule has 0 amide bonds. The molecule has 1 saturated carbocycles. The molecule has 3 atom stereocenters. The minimum atomic E-state index is 0.369. The Bertz CT molecular complexity index is 315. The van der Waals surface area contributed by atoms with Gasteiger partial charge in [-0.2, -0.15) is 0 Å². The van der Waals surface area contributed by atoms with E-state index in [2.05, 4.69) is 18.9 Å². The number of rotatable bonds is 8. The highest BCUT2D eigenvalue weighted by Crippen LogP contribution is 2.36. The minimum Gasteiger partial charge on any atom is -0.299 e. The average molecular weight is 293 g/mol. The first-order chi connectivity index (χ1) is 10.2. The van der Waals surface area contributed by atoms with Crippen LogP contribution in [0.4, 0.5) is 0 Å². The highest BCUT2D eigenvalue weighted by molar-refractivity contribution is 5.83. The summed E-state index contributed by atoms with van der Waals surface area (Å²) < 4.78 is 0. The summed E-state index contributed by atoms with van der Waals surface area (Å²) in [4.78, 5) is 14.9. The van der Waals surface area contributed by atoms with Crippen LogP contribution in [0.2, 0.25) is 0 Å². The molecule has 2 heteroatoms. The first kappa shape index (κ1) is 17.0. The molecule has 2 rings (SSSR count). The summed E-state index contributed by atoms with van der Waals surface area (Å²) in [6, 6.07) is 1.10. The van der Waals surface area contributed by atoms with Crippen LogP contribution < -0.4 is 0 Å². The summed E-state index contributed by atoms with van der Waals surface area (Å²) in [6.45, 7) is 2.27. The van der Waals surface area contributed by atoms with Crippen LogP contribution >= 0.6 is 0 Å². The lowest BCUT2D eigenvalue weighted by Gasteiger charge is -2.46. The first-order valence-electron chi connectivity index (χ1n) is 9.48. The predicted octanol–water partition coefficient (Wildman–Crippen LogP) is 4.96. The van der Waals surface area contributed by atoms with Crippen molar-refractivity contribution in [1.82, 2.24) is 4.90 Å². The first-order valence-corrected chi connectivity index (χ1v) is 9.48. The molecule has 0 spiro atoms. The predicted molar refractivity (Wildman–Crippen MR) is 89.5 cm³/mol. The van der Waals surface area contributed by atoms with Gasteiger partial charge in [-0.15, -0.1) is 0 Å². The van der Waals surface area contributed by atoms with Crippen molar-refractivity contribution in [2.75, 3.05) is 7.05 Å². The molecule has 0 aromatic rings. The van der Waals surface area contributed by atoms with Crippen molar-refractivity contribution in [2.45, 2.75) is 102 Å². The van der Waals surface area contributed by atoms with Gasteiger partial charge in [0.1, 0.15) is 5.78 Å². The molecular formula is C19H35NO. The quantitative estimate of drug-likeness (QED) is 0.590. The van der Waals surface area contributed by atoms with E-state index in [0.29, 0.717) is 23.8 Å². The molecule has 0 aromatic heterocycles. The third kappa shape index (κ3) is 4.81. The Balaban J connectivity index is 1.67. The molecule has 0 radical (unpaired) electrons. The number of piperidine rings is 1. The maximum atomic E-state index is 12.4. The smallest absolute Gasteiger partial charge is 0.139 e. The van der Waals surface area contributed by atoms with E-state index in [1.54, 1.807) is 0 Å². The van der Waals surface area contributed by atoms with Crippen LogP contribution in [-0.2, 0) is 4.79 Å². The van der Waals surface area contributed by atoms with Gasteiger partial charge in [0.05, 0.1) is 0 Å². The van der Waals surface area contributed by atoms with Crippen molar-refractivity contribution in [3.8, 4) is 0 Å². The molecule has 21 heavy (non-hydrogen) atoms. The van der Waals surface area contributed by atoms with Gasteiger partial charge < -0.3 is 0 Å². The van der Waals surface area contributed by atoms with E-state index in [-0.39, 0.29) is 0 Å². The molecule has 122 valence electrons. The van der Waals surface area contributed by atoms with E-state index >= 15 is 0 Å². The molecule has 1 saturated heterocycles. The Labute approximate surface area is 131 Å². The van der Waals surface area contributed by atoms with Gasteiger partial charge in [0.2, 0.25) is 0 Å². The molecule has 0 bridgehead atoms. The molecule has 1 heterocycles. The second-order valence-corrected chi connectivity index (χ2v) is 7.36. The van der Waals surface area contributed by atoms with Crippen LogP contribution in [0.3, 0.4) is 0 Å². The lowest BCUT2D eigenvalue weighted by atomic mass is 9.75. The third-order valence-electron chi connectivity index (χ3n) is 5.82. The van der Waals surface area contributed by atoms with Crippen LogP contribution in [0.25, 0.3) is 0 Å². The molecule has 0 unspecified atom stereocenters. The van der Waals surface area contributed by atoms with Crippen LogP contribution in [-0.4, -0.2) is 29.8 Å². The SMILES string of the molecule is CCCCCCCCC[C@H]1CC(=O)[C@H]2CCCC[C@H]2N1C. The number of fused-ring (bicyclic) bond motifs is 1. The highest BCUT2D eigenvalue weighted by Gasteiger charge is 2.40. The number of likely N-dealkylation sites (tertiary alicyclic amines) is 1. The van der Waals surface area contributed by atoms with Gasteiger partial charge >= 0.3 is 0 Å². The van der Waals surface area contributed by atoms with E-state index in [4.69, 9.17) is 0 Å². The molecule has 2 fully saturated rings. The molecule has 2 aliphatic rings. The van der Waals surface area contributed by atoms with E-state index in [1.165, 1.54) is 70.6 Å². The molecule has 0 aromatic carbocycles. The topological polar surface area (TPSA) is 20.3 Å². The van der Waals surface area contributed by atoms with E-state index < -0.39 is 0 Å². The Morgan fingerprint density at radius 1 is 1.00 bits per heavy atom. The zero-order valence-corrected chi connectivity index (χ0v) is 14.3. The van der Waals surface area contributed by atoms with Crippen molar-refractivity contribution >= 4 is 5.78 Å². The number of Topliss-reactive ketones (excluding diaryl/α,β-unsaturated/α-hetero) is 1. The number of hydrogen-bond donors (Lipinski definition) is 0. The number of carbonyl (C=O) groups excluding carboxylic acids is 1. The largest absolute Gasteiger partial charge is 0.299 e. The maximum Gasteiger partial charge on any atom is 0.139 e. The van der Waals surface area contributed by atoms with Gasteiger partial charge in [0, 0.05) is 24.4 Å². The second kappa shape index (κ2) is 8.92. The Kier molecular flexibility index (Phi) is 7.22. The summed E-state index contributed by atoms with van der Waals surface area (Å²) in [5.74, 6) is 0.944. The highest BCUT2D eigenvalue weighted by atomic mass is 16.1. The summed E-state index contributed by atoms with van der Waals surface area (Å²) >= 11 is 0. The Hall–Kier alpha value is -0.370. The van der Waals surface area contributed by atoms with Gasteiger partial charge in [-0.25, -0.2) is 0 Å². The lowest BCUT2D eigenvalue weighted by molar-refractivity contribution is -0.133. The maximum absolute atomic E-state index is 12.4. The monoisotopic (exact) mass is 293 g/mol. The minimum absolute atomic E-state index is 0.369. The number of hydrogen-bond acceptors (Lipinski definition) is 2. The second-order valence-electron chi connectivity index (χ2n) is 7.36.